The van der Waals surface area contributed by atoms with Gasteiger partial charge in [-0.15, -0.1) is 0 Å². The highest BCUT2D eigenvalue weighted by molar-refractivity contribution is 5.82. The molecule has 4 rings (SSSR count). The number of benzene rings is 1. The Kier molecular flexibility index (Phi) is 4.46. The van der Waals surface area contributed by atoms with Crippen LogP contribution in [-0.2, 0) is 17.8 Å². The Morgan fingerprint density at radius 1 is 1.32 bits per heavy atom. The number of pyridine rings is 1. The smallest absolute Gasteiger partial charge is 0.132 e. The van der Waals surface area contributed by atoms with Crippen LogP contribution in [0.15, 0.2) is 42.9 Å². The molecule has 0 N–H and O–H groups in total. The first-order chi connectivity index (χ1) is 12.2. The molecular formula is C19H21FN4O. The predicted octanol–water partition coefficient (Wildman–Crippen LogP) is 2.78. The van der Waals surface area contributed by atoms with Crippen LogP contribution in [-0.4, -0.2) is 45.5 Å². The number of nitrogens with zero attached hydrogens (tertiary/aromatic N) is 4. The molecule has 3 aromatic rings. The second kappa shape index (κ2) is 6.90. The van der Waals surface area contributed by atoms with Gasteiger partial charge in [-0.05, 0) is 36.2 Å². The third-order valence-electron chi connectivity index (χ3n) is 4.57. The summed E-state index contributed by atoms with van der Waals surface area (Å²) in [5, 5.41) is 4.92. The van der Waals surface area contributed by atoms with Crippen LogP contribution in [0.2, 0.25) is 0 Å². The molecule has 6 heteroatoms. The molecule has 0 unspecified atom stereocenters. The molecule has 130 valence electrons. The lowest BCUT2D eigenvalue weighted by molar-refractivity contribution is -0.0401. The summed E-state index contributed by atoms with van der Waals surface area (Å²) in [5.74, 6) is -0.222. The Labute approximate surface area is 146 Å². The van der Waals surface area contributed by atoms with E-state index in [1.54, 1.807) is 18.3 Å². The first-order valence-corrected chi connectivity index (χ1v) is 8.54. The van der Waals surface area contributed by atoms with Crippen LogP contribution in [0.3, 0.4) is 0 Å². The molecule has 25 heavy (non-hydrogen) atoms. The van der Waals surface area contributed by atoms with Gasteiger partial charge >= 0.3 is 0 Å². The van der Waals surface area contributed by atoms with Gasteiger partial charge in [0.2, 0.25) is 0 Å². The number of hydrogen-bond acceptors (Lipinski definition) is 4. The number of aromatic nitrogens is 3. The lowest BCUT2D eigenvalue weighted by Gasteiger charge is -2.33. The number of fused-ring (bicyclic) bond motifs is 1. The highest BCUT2D eigenvalue weighted by Crippen LogP contribution is 2.22. The van der Waals surface area contributed by atoms with Crippen molar-refractivity contribution in [2.45, 2.75) is 26.1 Å². The monoisotopic (exact) mass is 340 g/mol. The van der Waals surface area contributed by atoms with Crippen molar-refractivity contribution in [3.63, 3.8) is 0 Å². The van der Waals surface area contributed by atoms with Gasteiger partial charge in [-0.1, -0.05) is 6.07 Å². The molecule has 0 spiro atoms. The second-order valence-electron chi connectivity index (χ2n) is 6.57. The van der Waals surface area contributed by atoms with E-state index >= 15 is 0 Å². The van der Waals surface area contributed by atoms with Crippen LogP contribution in [0.5, 0.6) is 0 Å². The zero-order valence-corrected chi connectivity index (χ0v) is 14.2. The van der Waals surface area contributed by atoms with Gasteiger partial charge in [0.1, 0.15) is 5.82 Å². The van der Waals surface area contributed by atoms with E-state index in [0.29, 0.717) is 12.0 Å². The topological polar surface area (TPSA) is 43.2 Å². The zero-order valence-electron chi connectivity index (χ0n) is 14.2. The van der Waals surface area contributed by atoms with Crippen molar-refractivity contribution in [3.05, 3.63) is 59.8 Å². The molecule has 0 amide bonds. The fourth-order valence-corrected chi connectivity index (χ4v) is 3.37. The van der Waals surface area contributed by atoms with E-state index in [9.17, 15) is 4.39 Å². The van der Waals surface area contributed by atoms with Gasteiger partial charge in [0.15, 0.2) is 0 Å². The molecular weight excluding hydrogens is 319 g/mol. The third kappa shape index (κ3) is 3.55. The Morgan fingerprint density at radius 3 is 3.08 bits per heavy atom. The lowest BCUT2D eigenvalue weighted by Crippen LogP contribution is -2.43. The Hall–Kier alpha value is -2.31. The summed E-state index contributed by atoms with van der Waals surface area (Å²) in [4.78, 5) is 6.72. The molecule has 1 aliphatic heterocycles. The average molecular weight is 340 g/mol. The standard InChI is InChI=1S/C19H21FN4O/c1-14-9-22-24(10-14)13-16-12-23(7-8-25-16)11-15-4-5-18(20)17-3-2-6-21-19(15)17/h2-6,9-10,16H,7-8,11-13H2,1H3/t16-/m1/s1. The molecule has 1 aromatic carbocycles. The number of rotatable bonds is 4. The molecule has 0 radical (unpaired) electrons. The summed E-state index contributed by atoms with van der Waals surface area (Å²) < 4.78 is 21.8. The first-order valence-electron chi connectivity index (χ1n) is 8.54. The highest BCUT2D eigenvalue weighted by Gasteiger charge is 2.22. The molecule has 0 bridgehead atoms. The molecule has 2 aromatic heterocycles. The Bertz CT molecular complexity index is 879. The molecule has 1 fully saturated rings. The van der Waals surface area contributed by atoms with Crippen molar-refractivity contribution in [1.29, 1.82) is 0 Å². The van der Waals surface area contributed by atoms with Crippen molar-refractivity contribution >= 4 is 10.9 Å². The fraction of sp³-hybridized carbons (Fsp3) is 0.368. The quantitative estimate of drug-likeness (QED) is 0.732. The lowest BCUT2D eigenvalue weighted by atomic mass is 10.1. The molecule has 0 aliphatic carbocycles. The minimum Gasteiger partial charge on any atom is -0.374 e. The van der Waals surface area contributed by atoms with E-state index in [2.05, 4.69) is 15.0 Å². The highest BCUT2D eigenvalue weighted by atomic mass is 19.1. The number of aryl methyl sites for hydroxylation is 1. The van der Waals surface area contributed by atoms with Crippen LogP contribution >= 0.6 is 0 Å². The minimum absolute atomic E-state index is 0.104. The van der Waals surface area contributed by atoms with Crippen LogP contribution < -0.4 is 0 Å². The maximum atomic E-state index is 14.0. The van der Waals surface area contributed by atoms with Crippen LogP contribution in [0.4, 0.5) is 4.39 Å². The van der Waals surface area contributed by atoms with E-state index in [0.717, 1.165) is 42.8 Å². The predicted molar refractivity (Wildman–Crippen MR) is 93.7 cm³/mol. The van der Waals surface area contributed by atoms with Gasteiger partial charge in [-0.25, -0.2) is 4.39 Å². The third-order valence-corrected chi connectivity index (χ3v) is 4.57. The number of hydrogen-bond donors (Lipinski definition) is 0. The molecule has 1 saturated heterocycles. The van der Waals surface area contributed by atoms with Crippen LogP contribution in [0.1, 0.15) is 11.1 Å². The number of morpholine rings is 1. The van der Waals surface area contributed by atoms with Crippen molar-refractivity contribution in [3.8, 4) is 0 Å². The van der Waals surface area contributed by atoms with Gasteiger partial charge in [0.25, 0.3) is 0 Å². The van der Waals surface area contributed by atoms with Gasteiger partial charge in [0, 0.05) is 37.4 Å². The molecule has 1 aliphatic rings. The Morgan fingerprint density at radius 2 is 2.24 bits per heavy atom. The van der Waals surface area contributed by atoms with Gasteiger partial charge in [-0.2, -0.15) is 5.10 Å². The van der Waals surface area contributed by atoms with E-state index in [1.165, 1.54) is 6.07 Å². The summed E-state index contributed by atoms with van der Waals surface area (Å²) in [6.07, 6.45) is 5.71. The van der Waals surface area contributed by atoms with Crippen LogP contribution in [0.25, 0.3) is 10.9 Å². The summed E-state index contributed by atoms with van der Waals surface area (Å²) in [6.45, 7) is 5.89. The Balaban J connectivity index is 1.48. The molecule has 5 nitrogen and oxygen atoms in total. The van der Waals surface area contributed by atoms with E-state index < -0.39 is 0 Å². The minimum atomic E-state index is -0.222. The number of halogens is 1. The summed E-state index contributed by atoms with van der Waals surface area (Å²) in [5.41, 5.74) is 2.94. The molecule has 3 heterocycles. The molecule has 0 saturated carbocycles. The average Bonchev–Trinajstić information content (AvgIpc) is 3.03. The van der Waals surface area contributed by atoms with Crippen molar-refractivity contribution in [2.24, 2.45) is 0 Å². The van der Waals surface area contributed by atoms with E-state index in [-0.39, 0.29) is 11.9 Å². The molecule has 1 atom stereocenters. The largest absolute Gasteiger partial charge is 0.374 e. The zero-order chi connectivity index (χ0) is 17.2. The van der Waals surface area contributed by atoms with Gasteiger partial charge < -0.3 is 4.74 Å². The fourth-order valence-electron chi connectivity index (χ4n) is 3.37. The second-order valence-corrected chi connectivity index (χ2v) is 6.57. The summed E-state index contributed by atoms with van der Waals surface area (Å²) in [7, 11) is 0. The van der Waals surface area contributed by atoms with Gasteiger partial charge in [0.05, 0.1) is 31.0 Å². The maximum Gasteiger partial charge on any atom is 0.132 e. The summed E-state index contributed by atoms with van der Waals surface area (Å²) >= 11 is 0. The number of ether oxygens (including phenoxy) is 1. The maximum absolute atomic E-state index is 14.0. The normalized spacial score (nSPS) is 18.7. The summed E-state index contributed by atoms with van der Waals surface area (Å²) in [6, 6.07) is 6.92. The van der Waals surface area contributed by atoms with Crippen molar-refractivity contribution in [2.75, 3.05) is 19.7 Å². The van der Waals surface area contributed by atoms with E-state index in [4.69, 9.17) is 4.74 Å². The van der Waals surface area contributed by atoms with Crippen LogP contribution in [0, 0.1) is 12.7 Å². The SMILES string of the molecule is Cc1cnn(C[C@H]2CN(Cc3ccc(F)c4cccnc34)CCO2)c1. The van der Waals surface area contributed by atoms with Crippen molar-refractivity contribution < 1.29 is 9.13 Å². The first kappa shape index (κ1) is 16.2. The van der Waals surface area contributed by atoms with E-state index in [1.807, 2.05) is 30.1 Å². The van der Waals surface area contributed by atoms with Gasteiger partial charge in [-0.3, -0.25) is 14.6 Å². The van der Waals surface area contributed by atoms with Crippen molar-refractivity contribution in [1.82, 2.24) is 19.7 Å².